The molecule has 0 spiro atoms. The van der Waals surface area contributed by atoms with Crippen molar-refractivity contribution in [2.24, 2.45) is 5.92 Å². The summed E-state index contributed by atoms with van der Waals surface area (Å²) < 4.78 is 26.8. The normalized spacial score (nSPS) is 12.3. The van der Waals surface area contributed by atoms with Crippen LogP contribution >= 0.6 is 38.9 Å². The molecule has 0 aliphatic rings. The number of hydrogen-bond acceptors (Lipinski definition) is 3. The molecule has 0 atom stereocenters. The van der Waals surface area contributed by atoms with Gasteiger partial charge in [-0.1, -0.05) is 25.4 Å². The van der Waals surface area contributed by atoms with Crippen molar-refractivity contribution in [2.75, 3.05) is 6.54 Å². The highest BCUT2D eigenvalue weighted by Gasteiger charge is 2.18. The quantitative estimate of drug-likeness (QED) is 0.921. The molecule has 0 unspecified atom stereocenters. The van der Waals surface area contributed by atoms with Crippen LogP contribution in [0, 0.1) is 5.92 Å². The lowest BCUT2D eigenvalue weighted by molar-refractivity contribution is 0.562. The summed E-state index contributed by atoms with van der Waals surface area (Å²) >= 11 is 10.1. The second-order valence-electron chi connectivity index (χ2n) is 3.43. The van der Waals surface area contributed by atoms with Crippen molar-refractivity contribution in [3.8, 4) is 0 Å². The van der Waals surface area contributed by atoms with E-state index in [4.69, 9.17) is 11.6 Å². The molecule has 1 aromatic heterocycles. The summed E-state index contributed by atoms with van der Waals surface area (Å²) in [4.78, 5) is 0. The first-order valence-electron chi connectivity index (χ1n) is 4.27. The Morgan fingerprint density at radius 2 is 2.20 bits per heavy atom. The molecule has 0 aromatic carbocycles. The van der Waals surface area contributed by atoms with Crippen LogP contribution < -0.4 is 4.72 Å². The summed E-state index contributed by atoms with van der Waals surface area (Å²) in [7, 11) is -3.40. The van der Waals surface area contributed by atoms with E-state index in [9.17, 15) is 8.42 Å². The minimum Gasteiger partial charge on any atom is -0.210 e. The molecule has 0 fully saturated rings. The van der Waals surface area contributed by atoms with Crippen molar-refractivity contribution in [2.45, 2.75) is 18.1 Å². The van der Waals surface area contributed by atoms with Crippen molar-refractivity contribution in [1.82, 2.24) is 4.72 Å². The fourth-order valence-electron chi connectivity index (χ4n) is 0.807. The molecule has 0 saturated carbocycles. The Balaban J connectivity index is 2.87. The summed E-state index contributed by atoms with van der Waals surface area (Å²) in [5.74, 6) is 0.277. The zero-order valence-corrected chi connectivity index (χ0v) is 12.2. The smallest absolute Gasteiger partial charge is 0.210 e. The van der Waals surface area contributed by atoms with E-state index < -0.39 is 10.0 Å². The van der Waals surface area contributed by atoms with Crippen molar-refractivity contribution >= 4 is 48.9 Å². The third kappa shape index (κ3) is 3.71. The number of thiophene rings is 1. The zero-order chi connectivity index (χ0) is 11.6. The molecule has 1 aromatic rings. The summed E-state index contributed by atoms with van der Waals surface area (Å²) in [5.41, 5.74) is 0. The van der Waals surface area contributed by atoms with Gasteiger partial charge in [-0.2, -0.15) is 0 Å². The van der Waals surface area contributed by atoms with Gasteiger partial charge in [-0.15, -0.1) is 11.3 Å². The summed E-state index contributed by atoms with van der Waals surface area (Å²) in [6, 6.07) is 1.44. The number of sulfonamides is 1. The average Bonchev–Trinajstić information content (AvgIpc) is 2.45. The van der Waals surface area contributed by atoms with Gasteiger partial charge in [-0.25, -0.2) is 13.1 Å². The molecule has 0 bridgehead atoms. The lowest BCUT2D eigenvalue weighted by Gasteiger charge is -2.06. The van der Waals surface area contributed by atoms with E-state index >= 15 is 0 Å². The highest BCUT2D eigenvalue weighted by molar-refractivity contribution is 9.11. The van der Waals surface area contributed by atoms with Gasteiger partial charge in [0.15, 0.2) is 0 Å². The van der Waals surface area contributed by atoms with Gasteiger partial charge in [-0.05, 0) is 27.9 Å². The maximum atomic E-state index is 11.7. The lowest BCUT2D eigenvalue weighted by atomic mass is 10.2. The number of hydrogen-bond donors (Lipinski definition) is 1. The molecule has 86 valence electrons. The van der Waals surface area contributed by atoms with Crippen LogP contribution in [-0.4, -0.2) is 15.0 Å². The summed E-state index contributed by atoms with van der Waals surface area (Å²) in [6.45, 7) is 4.31. The summed E-state index contributed by atoms with van der Waals surface area (Å²) in [5, 5.41) is 0.421. The average molecular weight is 333 g/mol. The summed E-state index contributed by atoms with van der Waals surface area (Å²) in [6.07, 6.45) is 0. The number of rotatable bonds is 4. The second-order valence-corrected chi connectivity index (χ2v) is 8.20. The second kappa shape index (κ2) is 5.14. The zero-order valence-electron chi connectivity index (χ0n) is 8.25. The van der Waals surface area contributed by atoms with Crippen molar-refractivity contribution in [1.29, 1.82) is 0 Å². The topological polar surface area (TPSA) is 46.2 Å². The van der Waals surface area contributed by atoms with Crippen molar-refractivity contribution < 1.29 is 8.42 Å². The van der Waals surface area contributed by atoms with Gasteiger partial charge in [-0.3, -0.25) is 0 Å². The van der Waals surface area contributed by atoms with Gasteiger partial charge in [0.25, 0.3) is 0 Å². The van der Waals surface area contributed by atoms with Crippen LogP contribution in [0.2, 0.25) is 5.02 Å². The SMILES string of the molecule is CC(C)CNS(=O)(=O)c1cc(Cl)c(Br)s1. The van der Waals surface area contributed by atoms with E-state index in [1.165, 1.54) is 6.07 Å². The molecular weight excluding hydrogens is 322 g/mol. The third-order valence-corrected chi connectivity index (χ3v) is 5.94. The molecule has 0 aliphatic carbocycles. The molecule has 1 rings (SSSR count). The molecule has 0 aliphatic heterocycles. The molecule has 7 heteroatoms. The van der Waals surface area contributed by atoms with Crippen molar-refractivity contribution in [3.63, 3.8) is 0 Å². The first-order valence-corrected chi connectivity index (χ1v) is 7.74. The van der Waals surface area contributed by atoms with E-state index in [1.807, 2.05) is 13.8 Å². The van der Waals surface area contributed by atoms with Crippen LogP contribution in [0.3, 0.4) is 0 Å². The van der Waals surface area contributed by atoms with Crippen molar-refractivity contribution in [3.05, 3.63) is 14.9 Å². The number of nitrogens with one attached hydrogen (secondary N) is 1. The van der Waals surface area contributed by atoms with Gasteiger partial charge in [0.1, 0.15) is 4.21 Å². The highest BCUT2D eigenvalue weighted by atomic mass is 79.9. The number of halogens is 2. The van der Waals surface area contributed by atoms with E-state index in [0.717, 1.165) is 11.3 Å². The fourth-order valence-corrected chi connectivity index (χ4v) is 4.46. The van der Waals surface area contributed by atoms with Crippen LogP contribution in [-0.2, 0) is 10.0 Å². The monoisotopic (exact) mass is 331 g/mol. The van der Waals surface area contributed by atoms with Gasteiger partial charge in [0.2, 0.25) is 10.0 Å². The fraction of sp³-hybridized carbons (Fsp3) is 0.500. The molecule has 0 saturated heterocycles. The van der Waals surface area contributed by atoms with Gasteiger partial charge in [0, 0.05) is 6.54 Å². The van der Waals surface area contributed by atoms with Crippen LogP contribution in [0.4, 0.5) is 0 Å². The van der Waals surface area contributed by atoms with E-state index in [2.05, 4.69) is 20.7 Å². The molecular formula is C8H11BrClNO2S2. The maximum absolute atomic E-state index is 11.7. The minimum absolute atomic E-state index is 0.236. The highest BCUT2D eigenvalue weighted by Crippen LogP contribution is 2.34. The van der Waals surface area contributed by atoms with Crippen LogP contribution in [0.25, 0.3) is 0 Å². The third-order valence-electron chi connectivity index (χ3n) is 1.57. The standard InChI is InChI=1S/C8H11BrClNO2S2/c1-5(2)4-11-15(12,13)7-3-6(10)8(9)14-7/h3,5,11H,4H2,1-2H3. The first kappa shape index (κ1) is 13.4. The predicted molar refractivity (Wildman–Crippen MR) is 67.1 cm³/mol. The van der Waals surface area contributed by atoms with Crippen LogP contribution in [0.15, 0.2) is 14.1 Å². The molecule has 1 heterocycles. The van der Waals surface area contributed by atoms with E-state index in [-0.39, 0.29) is 10.1 Å². The van der Waals surface area contributed by atoms with Crippen LogP contribution in [0.5, 0.6) is 0 Å². The Morgan fingerprint density at radius 3 is 2.60 bits per heavy atom. The molecule has 15 heavy (non-hydrogen) atoms. The lowest BCUT2D eigenvalue weighted by Crippen LogP contribution is -2.26. The van der Waals surface area contributed by atoms with Gasteiger partial charge in [0.05, 0.1) is 8.81 Å². The first-order chi connectivity index (χ1) is 6.83. The van der Waals surface area contributed by atoms with E-state index in [0.29, 0.717) is 15.4 Å². The Hall–Kier alpha value is 0.380. The molecule has 0 radical (unpaired) electrons. The largest absolute Gasteiger partial charge is 0.250 e. The van der Waals surface area contributed by atoms with Gasteiger partial charge >= 0.3 is 0 Å². The van der Waals surface area contributed by atoms with Gasteiger partial charge < -0.3 is 0 Å². The predicted octanol–water partition coefficient (Wildman–Crippen LogP) is 3.10. The minimum atomic E-state index is -3.40. The molecule has 1 N–H and O–H groups in total. The Kier molecular flexibility index (Phi) is 4.61. The maximum Gasteiger partial charge on any atom is 0.250 e. The van der Waals surface area contributed by atoms with Crippen LogP contribution in [0.1, 0.15) is 13.8 Å². The Labute approximate surface area is 107 Å². The van der Waals surface area contributed by atoms with E-state index in [1.54, 1.807) is 0 Å². The molecule has 0 amide bonds. The Bertz CT molecular complexity index is 422. The Morgan fingerprint density at radius 1 is 1.60 bits per heavy atom. The molecule has 3 nitrogen and oxygen atoms in total.